The second kappa shape index (κ2) is 5.70. The Kier molecular flexibility index (Phi) is 3.91. The van der Waals surface area contributed by atoms with E-state index >= 15 is 0 Å². The van der Waals surface area contributed by atoms with Crippen molar-refractivity contribution in [2.24, 2.45) is 0 Å². The van der Waals surface area contributed by atoms with E-state index in [1.165, 1.54) is 0 Å². The van der Waals surface area contributed by atoms with Crippen molar-refractivity contribution in [1.82, 2.24) is 0 Å². The zero-order chi connectivity index (χ0) is 14.9. The molecule has 0 aromatic heterocycles. The van der Waals surface area contributed by atoms with Gasteiger partial charge in [0.2, 0.25) is 0 Å². The van der Waals surface area contributed by atoms with Gasteiger partial charge in [0.25, 0.3) is 0 Å². The first-order valence-corrected chi connectivity index (χ1v) is 7.81. The Morgan fingerprint density at radius 2 is 1.76 bits per heavy atom. The van der Waals surface area contributed by atoms with Gasteiger partial charge in [-0.05, 0) is 41.8 Å². The minimum Gasteiger partial charge on any atom is -0.486 e. The number of hydrogen-bond acceptors (Lipinski definition) is 3. The Balaban J connectivity index is 2.06. The Labute approximate surface area is 132 Å². The molecule has 2 aromatic carbocycles. The first-order valence-electron chi connectivity index (χ1n) is 7.02. The summed E-state index contributed by atoms with van der Waals surface area (Å²) in [7, 11) is 0. The molecule has 1 N–H and O–H groups in total. The van der Waals surface area contributed by atoms with Gasteiger partial charge in [-0.3, -0.25) is 0 Å². The molecule has 1 aliphatic rings. The minimum atomic E-state index is -1.04. The maximum Gasteiger partial charge on any atom is 0.161 e. The molecule has 1 heterocycles. The summed E-state index contributed by atoms with van der Waals surface area (Å²) in [5, 5.41) is 11.2. The van der Waals surface area contributed by atoms with Crippen LogP contribution in [0.15, 0.2) is 46.9 Å². The fourth-order valence-electron chi connectivity index (χ4n) is 2.62. The van der Waals surface area contributed by atoms with Crippen molar-refractivity contribution >= 4 is 15.9 Å². The fourth-order valence-corrected chi connectivity index (χ4v) is 3.02. The van der Waals surface area contributed by atoms with Crippen LogP contribution < -0.4 is 9.47 Å². The van der Waals surface area contributed by atoms with Gasteiger partial charge in [-0.15, -0.1) is 0 Å². The molecular formula is C17H17BrO3. The molecule has 0 fully saturated rings. The number of fused-ring (bicyclic) bond motifs is 1. The zero-order valence-electron chi connectivity index (χ0n) is 11.8. The molecule has 1 aliphatic heterocycles. The van der Waals surface area contributed by atoms with Crippen molar-refractivity contribution in [3.63, 3.8) is 0 Å². The lowest BCUT2D eigenvalue weighted by Crippen LogP contribution is -2.27. The minimum absolute atomic E-state index is 0.540. The molecule has 110 valence electrons. The number of aliphatic hydroxyl groups is 1. The standard InChI is InChI=1S/C17H17BrO3/c1-2-17(19,12-4-3-5-14(18)10-12)13-6-7-15-16(11-13)21-9-8-20-15/h3-7,10-11,19H,2,8-9H2,1H3. The summed E-state index contributed by atoms with van der Waals surface area (Å²) in [6.45, 7) is 3.08. The van der Waals surface area contributed by atoms with Gasteiger partial charge < -0.3 is 14.6 Å². The van der Waals surface area contributed by atoms with E-state index in [2.05, 4.69) is 15.9 Å². The fraction of sp³-hybridized carbons (Fsp3) is 0.294. The third-order valence-corrected chi connectivity index (χ3v) is 4.33. The summed E-state index contributed by atoms with van der Waals surface area (Å²) < 4.78 is 12.1. The smallest absolute Gasteiger partial charge is 0.161 e. The largest absolute Gasteiger partial charge is 0.486 e. The average molecular weight is 349 g/mol. The Bertz CT molecular complexity index is 656. The third-order valence-electron chi connectivity index (χ3n) is 3.83. The summed E-state index contributed by atoms with van der Waals surface area (Å²) >= 11 is 3.46. The van der Waals surface area contributed by atoms with Crippen LogP contribution in [0.25, 0.3) is 0 Å². The lowest BCUT2D eigenvalue weighted by molar-refractivity contribution is 0.0755. The Hall–Kier alpha value is -1.52. The maximum atomic E-state index is 11.2. The summed E-state index contributed by atoms with van der Waals surface area (Å²) in [6.07, 6.45) is 0.573. The second-order valence-electron chi connectivity index (χ2n) is 5.08. The van der Waals surface area contributed by atoms with Gasteiger partial charge in [0.15, 0.2) is 11.5 Å². The van der Waals surface area contributed by atoms with Crippen molar-refractivity contribution in [2.75, 3.05) is 13.2 Å². The monoisotopic (exact) mass is 348 g/mol. The van der Waals surface area contributed by atoms with E-state index in [-0.39, 0.29) is 0 Å². The number of rotatable bonds is 3. The number of halogens is 1. The van der Waals surface area contributed by atoms with Gasteiger partial charge in [0.05, 0.1) is 0 Å². The van der Waals surface area contributed by atoms with E-state index < -0.39 is 5.60 Å². The predicted molar refractivity (Wildman–Crippen MR) is 84.9 cm³/mol. The van der Waals surface area contributed by atoms with Gasteiger partial charge in [-0.1, -0.05) is 41.1 Å². The van der Waals surface area contributed by atoms with Crippen LogP contribution in [-0.4, -0.2) is 18.3 Å². The molecule has 3 nitrogen and oxygen atoms in total. The highest BCUT2D eigenvalue weighted by Crippen LogP contribution is 2.39. The lowest BCUT2D eigenvalue weighted by atomic mass is 9.84. The quantitative estimate of drug-likeness (QED) is 0.914. The maximum absolute atomic E-state index is 11.2. The molecule has 21 heavy (non-hydrogen) atoms. The van der Waals surface area contributed by atoms with Gasteiger partial charge in [-0.2, -0.15) is 0 Å². The van der Waals surface area contributed by atoms with E-state index in [0.717, 1.165) is 21.3 Å². The number of ether oxygens (including phenoxy) is 2. The molecular weight excluding hydrogens is 332 g/mol. The van der Waals surface area contributed by atoms with E-state index in [4.69, 9.17) is 9.47 Å². The second-order valence-corrected chi connectivity index (χ2v) is 6.00. The van der Waals surface area contributed by atoms with Crippen LogP contribution in [0.2, 0.25) is 0 Å². The van der Waals surface area contributed by atoms with E-state index in [9.17, 15) is 5.11 Å². The highest BCUT2D eigenvalue weighted by Gasteiger charge is 2.31. The van der Waals surface area contributed by atoms with Crippen LogP contribution in [0.3, 0.4) is 0 Å². The van der Waals surface area contributed by atoms with E-state index in [0.29, 0.717) is 25.4 Å². The number of benzene rings is 2. The first-order chi connectivity index (χ1) is 10.1. The average Bonchev–Trinajstić information content (AvgIpc) is 2.53. The van der Waals surface area contributed by atoms with Crippen molar-refractivity contribution < 1.29 is 14.6 Å². The van der Waals surface area contributed by atoms with Crippen LogP contribution in [0.5, 0.6) is 11.5 Å². The van der Waals surface area contributed by atoms with Crippen LogP contribution >= 0.6 is 15.9 Å². The normalized spacial score (nSPS) is 16.3. The molecule has 0 saturated heterocycles. The predicted octanol–water partition coefficient (Wildman–Crippen LogP) is 3.87. The molecule has 1 unspecified atom stereocenters. The van der Waals surface area contributed by atoms with E-state index in [1.54, 1.807) is 0 Å². The number of hydrogen-bond donors (Lipinski definition) is 1. The van der Waals surface area contributed by atoms with Gasteiger partial charge >= 0.3 is 0 Å². The Morgan fingerprint density at radius 1 is 1.05 bits per heavy atom. The highest BCUT2D eigenvalue weighted by molar-refractivity contribution is 9.10. The van der Waals surface area contributed by atoms with Gasteiger partial charge in [-0.25, -0.2) is 0 Å². The van der Waals surface area contributed by atoms with Gasteiger partial charge in [0.1, 0.15) is 18.8 Å². The molecule has 0 aliphatic carbocycles. The summed E-state index contributed by atoms with van der Waals surface area (Å²) in [4.78, 5) is 0. The van der Waals surface area contributed by atoms with Crippen LogP contribution in [-0.2, 0) is 5.60 Å². The summed E-state index contributed by atoms with van der Waals surface area (Å²) in [5.74, 6) is 1.43. The van der Waals surface area contributed by atoms with Crippen LogP contribution in [0, 0.1) is 0 Å². The summed E-state index contributed by atoms with van der Waals surface area (Å²) in [5.41, 5.74) is 0.628. The third kappa shape index (κ3) is 2.65. The first kappa shape index (κ1) is 14.4. The molecule has 0 saturated carbocycles. The Morgan fingerprint density at radius 3 is 2.48 bits per heavy atom. The van der Waals surface area contributed by atoms with Crippen molar-refractivity contribution in [3.05, 3.63) is 58.1 Å². The molecule has 0 spiro atoms. The molecule has 0 amide bonds. The lowest BCUT2D eigenvalue weighted by Gasteiger charge is -2.29. The van der Waals surface area contributed by atoms with Crippen molar-refractivity contribution in [2.45, 2.75) is 18.9 Å². The molecule has 4 heteroatoms. The molecule has 0 bridgehead atoms. The zero-order valence-corrected chi connectivity index (χ0v) is 13.4. The van der Waals surface area contributed by atoms with Crippen LogP contribution in [0.1, 0.15) is 24.5 Å². The SMILES string of the molecule is CCC(O)(c1cccc(Br)c1)c1ccc2c(c1)OCCO2. The van der Waals surface area contributed by atoms with Crippen molar-refractivity contribution in [1.29, 1.82) is 0 Å². The topological polar surface area (TPSA) is 38.7 Å². The highest BCUT2D eigenvalue weighted by atomic mass is 79.9. The van der Waals surface area contributed by atoms with Crippen molar-refractivity contribution in [3.8, 4) is 11.5 Å². The summed E-state index contributed by atoms with van der Waals surface area (Å²) in [6, 6.07) is 13.4. The molecule has 3 rings (SSSR count). The van der Waals surface area contributed by atoms with E-state index in [1.807, 2.05) is 49.4 Å². The van der Waals surface area contributed by atoms with Gasteiger partial charge in [0, 0.05) is 4.47 Å². The molecule has 1 atom stereocenters. The molecule has 0 radical (unpaired) electrons. The molecule has 2 aromatic rings. The van der Waals surface area contributed by atoms with Crippen LogP contribution in [0.4, 0.5) is 0 Å².